The molecule has 8 nitrogen and oxygen atoms in total. The largest absolute Gasteiger partial charge is 0.485 e. The van der Waals surface area contributed by atoms with Crippen LogP contribution in [-0.2, 0) is 0 Å². The molecule has 4 rings (SSSR count). The molecule has 166 valence electrons. The van der Waals surface area contributed by atoms with Crippen molar-refractivity contribution in [1.82, 2.24) is 9.88 Å². The van der Waals surface area contributed by atoms with Gasteiger partial charge < -0.3 is 10.1 Å². The van der Waals surface area contributed by atoms with Gasteiger partial charge in [0.1, 0.15) is 17.4 Å². The molecule has 3 aromatic rings. The molecule has 1 aromatic heterocycles. The van der Waals surface area contributed by atoms with E-state index in [1.54, 1.807) is 18.2 Å². The molecule has 0 radical (unpaired) electrons. The van der Waals surface area contributed by atoms with Crippen molar-refractivity contribution >= 4 is 39.8 Å². The summed E-state index contributed by atoms with van der Waals surface area (Å²) in [6, 6.07) is 13.5. The van der Waals surface area contributed by atoms with Gasteiger partial charge in [0.2, 0.25) is 0 Å². The Morgan fingerprint density at radius 1 is 1.16 bits per heavy atom. The Hall–Kier alpha value is -3.23. The highest BCUT2D eigenvalue weighted by atomic mass is 35.5. The number of benzene rings is 2. The molecule has 0 saturated carbocycles. The fourth-order valence-corrected chi connectivity index (χ4v) is 4.07. The topological polar surface area (TPSA) is 97.6 Å². The monoisotopic (exact) mass is 454 g/mol. The maximum atomic E-state index is 12.9. The summed E-state index contributed by atoms with van der Waals surface area (Å²) in [6.07, 6.45) is 3.56. The second-order valence-electron chi connectivity index (χ2n) is 7.63. The van der Waals surface area contributed by atoms with Gasteiger partial charge in [0.05, 0.1) is 16.0 Å². The first kappa shape index (κ1) is 22.0. The Morgan fingerprint density at radius 2 is 1.94 bits per heavy atom. The van der Waals surface area contributed by atoms with Crippen molar-refractivity contribution in [1.29, 1.82) is 0 Å². The summed E-state index contributed by atoms with van der Waals surface area (Å²) in [5.74, 6) is -0.464. The zero-order chi connectivity index (χ0) is 22.5. The van der Waals surface area contributed by atoms with E-state index in [4.69, 9.17) is 16.3 Å². The van der Waals surface area contributed by atoms with Crippen molar-refractivity contribution in [3.05, 3.63) is 69.4 Å². The summed E-state index contributed by atoms with van der Waals surface area (Å²) in [5.41, 5.74) is 0.546. The molecule has 1 N–H and O–H groups in total. The number of piperidine rings is 1. The van der Waals surface area contributed by atoms with Gasteiger partial charge in [0.25, 0.3) is 5.91 Å². The molecular weight excluding hydrogens is 432 g/mol. The number of nitro groups is 1. The summed E-state index contributed by atoms with van der Waals surface area (Å²) >= 11 is 6.21. The van der Waals surface area contributed by atoms with E-state index in [1.165, 1.54) is 18.6 Å². The predicted octanol–water partition coefficient (Wildman–Crippen LogP) is 4.91. The van der Waals surface area contributed by atoms with Gasteiger partial charge in [-0.2, -0.15) is 0 Å². The van der Waals surface area contributed by atoms with Crippen LogP contribution in [0.15, 0.2) is 48.5 Å². The molecule has 0 aliphatic carbocycles. The number of carbonyl (C=O) groups is 1. The Labute approximate surface area is 190 Å². The second kappa shape index (κ2) is 9.93. The van der Waals surface area contributed by atoms with E-state index in [0.717, 1.165) is 31.3 Å². The maximum absolute atomic E-state index is 12.9. The summed E-state index contributed by atoms with van der Waals surface area (Å²) < 4.78 is 5.74. The number of likely N-dealkylation sites (tertiary alicyclic amines) is 1. The molecule has 1 amide bonds. The van der Waals surface area contributed by atoms with Crippen molar-refractivity contribution in [3.8, 4) is 5.75 Å². The number of aromatic nitrogens is 1. The van der Waals surface area contributed by atoms with Gasteiger partial charge in [-0.15, -0.1) is 0 Å². The molecule has 0 bridgehead atoms. The molecule has 1 aliphatic heterocycles. The van der Waals surface area contributed by atoms with Gasteiger partial charge in [0, 0.05) is 11.9 Å². The lowest BCUT2D eigenvalue weighted by Crippen LogP contribution is -2.33. The van der Waals surface area contributed by atoms with Crippen LogP contribution in [0, 0.1) is 10.1 Å². The average Bonchev–Trinajstić information content (AvgIpc) is 2.79. The van der Waals surface area contributed by atoms with E-state index < -0.39 is 10.8 Å². The normalized spacial score (nSPS) is 14.3. The Kier molecular flexibility index (Phi) is 6.82. The molecule has 0 spiro atoms. The lowest BCUT2D eigenvalue weighted by Gasteiger charge is -2.26. The number of fused-ring (bicyclic) bond motifs is 1. The lowest BCUT2D eigenvalue weighted by atomic mass is 10.1. The first-order valence-corrected chi connectivity index (χ1v) is 10.9. The van der Waals surface area contributed by atoms with E-state index >= 15 is 0 Å². The molecule has 9 heteroatoms. The van der Waals surface area contributed by atoms with Gasteiger partial charge in [-0.3, -0.25) is 19.8 Å². The molecule has 0 atom stereocenters. The van der Waals surface area contributed by atoms with Crippen LogP contribution in [0.5, 0.6) is 5.75 Å². The fourth-order valence-electron chi connectivity index (χ4n) is 3.84. The van der Waals surface area contributed by atoms with E-state index in [9.17, 15) is 14.9 Å². The molecule has 2 heterocycles. The highest BCUT2D eigenvalue weighted by Gasteiger charge is 2.24. The zero-order valence-corrected chi connectivity index (χ0v) is 18.2. The molecule has 1 saturated heterocycles. The number of amides is 1. The summed E-state index contributed by atoms with van der Waals surface area (Å²) in [7, 11) is 0. The van der Waals surface area contributed by atoms with Crippen molar-refractivity contribution < 1.29 is 14.5 Å². The molecule has 32 heavy (non-hydrogen) atoms. The maximum Gasteiger partial charge on any atom is 0.334 e. The number of rotatable bonds is 7. The number of halogens is 1. The summed E-state index contributed by atoms with van der Waals surface area (Å²) in [4.78, 5) is 30.6. The van der Waals surface area contributed by atoms with E-state index in [-0.39, 0.29) is 27.8 Å². The Balaban J connectivity index is 1.53. The minimum absolute atomic E-state index is 0.0257. The molecular formula is C23H23ClN4O4. The number of hydrogen-bond acceptors (Lipinski definition) is 6. The Bertz CT molecular complexity index is 1150. The third kappa shape index (κ3) is 4.98. The number of para-hydroxylation sites is 2. The second-order valence-corrected chi connectivity index (χ2v) is 7.99. The summed E-state index contributed by atoms with van der Waals surface area (Å²) in [6.45, 7) is 3.06. The highest BCUT2D eigenvalue weighted by molar-refractivity contribution is 6.34. The fraction of sp³-hybridized carbons (Fsp3) is 0.304. The van der Waals surface area contributed by atoms with Crippen LogP contribution in [0.3, 0.4) is 0 Å². The van der Waals surface area contributed by atoms with Crippen LogP contribution in [0.25, 0.3) is 10.9 Å². The van der Waals surface area contributed by atoms with E-state index in [0.29, 0.717) is 18.7 Å². The number of anilines is 1. The number of carbonyl (C=O) groups excluding carboxylic acids is 1. The Morgan fingerprint density at radius 3 is 2.72 bits per heavy atom. The molecule has 0 unspecified atom stereocenters. The van der Waals surface area contributed by atoms with Crippen LogP contribution >= 0.6 is 11.6 Å². The predicted molar refractivity (Wildman–Crippen MR) is 124 cm³/mol. The van der Waals surface area contributed by atoms with Crippen LogP contribution < -0.4 is 10.1 Å². The van der Waals surface area contributed by atoms with Crippen molar-refractivity contribution in [3.63, 3.8) is 0 Å². The zero-order valence-electron chi connectivity index (χ0n) is 17.4. The third-order valence-electron chi connectivity index (χ3n) is 5.47. The van der Waals surface area contributed by atoms with Crippen LogP contribution in [-0.4, -0.2) is 47.0 Å². The van der Waals surface area contributed by atoms with E-state index in [2.05, 4.69) is 15.2 Å². The van der Waals surface area contributed by atoms with Crippen LogP contribution in [0.4, 0.5) is 11.4 Å². The van der Waals surface area contributed by atoms with E-state index in [1.807, 2.05) is 18.2 Å². The SMILES string of the molecule is O=C(Nc1cccc(OCCN2CCCCC2)c1[N+](=O)[O-])c1cc2ccccc2nc1Cl. The van der Waals surface area contributed by atoms with Crippen molar-refractivity contribution in [2.24, 2.45) is 0 Å². The van der Waals surface area contributed by atoms with Crippen LogP contribution in [0.1, 0.15) is 29.6 Å². The lowest BCUT2D eigenvalue weighted by molar-refractivity contribution is -0.384. The van der Waals surface area contributed by atoms with Crippen molar-refractivity contribution in [2.75, 3.05) is 31.6 Å². The van der Waals surface area contributed by atoms with Gasteiger partial charge in [0.15, 0.2) is 5.75 Å². The number of hydrogen-bond donors (Lipinski definition) is 1. The smallest absolute Gasteiger partial charge is 0.334 e. The molecule has 1 aliphatic rings. The number of pyridine rings is 1. The first-order chi connectivity index (χ1) is 15.5. The van der Waals surface area contributed by atoms with Gasteiger partial charge in [-0.05, 0) is 50.2 Å². The molecule has 1 fully saturated rings. The quantitative estimate of drug-likeness (QED) is 0.309. The summed E-state index contributed by atoms with van der Waals surface area (Å²) in [5, 5.41) is 15.2. The minimum atomic E-state index is -0.582. The minimum Gasteiger partial charge on any atom is -0.485 e. The van der Waals surface area contributed by atoms with Crippen LogP contribution in [0.2, 0.25) is 5.15 Å². The van der Waals surface area contributed by atoms with Gasteiger partial charge in [-0.1, -0.05) is 42.3 Å². The first-order valence-electron chi connectivity index (χ1n) is 10.5. The van der Waals surface area contributed by atoms with Gasteiger partial charge >= 0.3 is 5.69 Å². The van der Waals surface area contributed by atoms with Crippen molar-refractivity contribution in [2.45, 2.75) is 19.3 Å². The standard InChI is InChI=1S/C23H23ClN4O4/c24-22-17(15-16-7-2-3-8-18(16)25-22)23(29)26-19-9-6-10-20(21(19)28(30)31)32-14-13-27-11-4-1-5-12-27/h2-3,6-10,15H,1,4-5,11-14H2,(H,26,29). The average molecular weight is 455 g/mol. The third-order valence-corrected chi connectivity index (χ3v) is 5.75. The number of nitrogens with one attached hydrogen (secondary N) is 1. The number of ether oxygens (including phenoxy) is 1. The number of nitro benzene ring substituents is 1. The number of nitrogens with zero attached hydrogens (tertiary/aromatic N) is 3. The van der Waals surface area contributed by atoms with Gasteiger partial charge in [-0.25, -0.2) is 4.98 Å². The highest BCUT2D eigenvalue weighted by Crippen LogP contribution is 2.35. The molecule has 2 aromatic carbocycles.